The summed E-state index contributed by atoms with van der Waals surface area (Å²) in [5.74, 6) is 0. The molecule has 0 amide bonds. The third-order valence-electron chi connectivity index (χ3n) is 3.49. The Morgan fingerprint density at radius 3 is 2.82 bits per heavy atom. The van der Waals surface area contributed by atoms with Crippen LogP contribution in [0.25, 0.3) is 0 Å². The van der Waals surface area contributed by atoms with E-state index in [4.69, 9.17) is 16.3 Å². The van der Waals surface area contributed by atoms with E-state index in [1.54, 1.807) is 23.5 Å². The third-order valence-corrected chi connectivity index (χ3v) is 7.86. The van der Waals surface area contributed by atoms with Gasteiger partial charge in [0.05, 0.1) is 10.4 Å². The Morgan fingerprint density at radius 2 is 2.23 bits per heavy atom. The maximum atomic E-state index is 12.9. The molecule has 1 saturated heterocycles. The SMILES string of the molecule is O=S(=O)(c1ccc(Cl)s1)N(Cc1cccs1)CC1CCCO1. The molecule has 22 heavy (non-hydrogen) atoms. The van der Waals surface area contributed by atoms with E-state index in [0.717, 1.165) is 29.1 Å². The fourth-order valence-electron chi connectivity index (χ4n) is 2.40. The summed E-state index contributed by atoms with van der Waals surface area (Å²) in [5.41, 5.74) is 0. The van der Waals surface area contributed by atoms with Gasteiger partial charge in [-0.2, -0.15) is 4.31 Å². The van der Waals surface area contributed by atoms with Crippen molar-refractivity contribution in [2.24, 2.45) is 0 Å². The highest BCUT2D eigenvalue weighted by atomic mass is 35.5. The second-order valence-electron chi connectivity index (χ2n) is 5.07. The fourth-order valence-corrected chi connectivity index (χ4v) is 6.29. The molecule has 0 saturated carbocycles. The van der Waals surface area contributed by atoms with Crippen molar-refractivity contribution in [3.05, 3.63) is 38.9 Å². The third kappa shape index (κ3) is 3.72. The Bertz CT molecular complexity index is 706. The normalized spacial score (nSPS) is 19.1. The van der Waals surface area contributed by atoms with Gasteiger partial charge in [0.1, 0.15) is 4.21 Å². The zero-order valence-corrected chi connectivity index (χ0v) is 15.0. The quantitative estimate of drug-likeness (QED) is 0.768. The first-order valence-electron chi connectivity index (χ1n) is 6.95. The number of halogens is 1. The lowest BCUT2D eigenvalue weighted by Gasteiger charge is -2.23. The van der Waals surface area contributed by atoms with Crippen molar-refractivity contribution in [1.29, 1.82) is 0 Å². The standard InChI is InChI=1S/C14H16ClNO3S3/c15-13-5-6-14(21-13)22(17,18)16(9-11-3-1-7-19-11)10-12-4-2-8-20-12/h2,4-6,8,11H,1,3,7,9-10H2. The van der Waals surface area contributed by atoms with E-state index in [9.17, 15) is 8.42 Å². The van der Waals surface area contributed by atoms with E-state index >= 15 is 0 Å². The van der Waals surface area contributed by atoms with Gasteiger partial charge in [-0.05, 0) is 36.4 Å². The molecule has 0 N–H and O–H groups in total. The predicted octanol–water partition coefficient (Wildman–Crippen LogP) is 3.83. The minimum atomic E-state index is -3.55. The Morgan fingerprint density at radius 1 is 1.36 bits per heavy atom. The average molecular weight is 378 g/mol. The molecule has 1 aliphatic heterocycles. The molecule has 1 atom stereocenters. The summed E-state index contributed by atoms with van der Waals surface area (Å²) in [6.07, 6.45) is 1.87. The van der Waals surface area contributed by atoms with Crippen LogP contribution in [0.4, 0.5) is 0 Å². The summed E-state index contributed by atoms with van der Waals surface area (Å²) in [5, 5.41) is 1.95. The van der Waals surface area contributed by atoms with Gasteiger partial charge in [0.15, 0.2) is 0 Å². The average Bonchev–Trinajstić information content (AvgIpc) is 3.19. The number of rotatable bonds is 6. The van der Waals surface area contributed by atoms with Crippen LogP contribution in [0.15, 0.2) is 33.9 Å². The van der Waals surface area contributed by atoms with E-state index < -0.39 is 10.0 Å². The van der Waals surface area contributed by atoms with Crippen LogP contribution in [0.1, 0.15) is 17.7 Å². The number of hydrogen-bond donors (Lipinski definition) is 0. The molecule has 1 fully saturated rings. The van der Waals surface area contributed by atoms with Crippen LogP contribution < -0.4 is 0 Å². The van der Waals surface area contributed by atoms with Crippen molar-refractivity contribution in [3.63, 3.8) is 0 Å². The van der Waals surface area contributed by atoms with Crippen molar-refractivity contribution in [2.45, 2.75) is 29.7 Å². The minimum absolute atomic E-state index is 0.0230. The van der Waals surface area contributed by atoms with Gasteiger partial charge in [-0.3, -0.25) is 0 Å². The summed E-state index contributed by atoms with van der Waals surface area (Å²) in [7, 11) is -3.55. The zero-order chi connectivity index (χ0) is 15.6. The van der Waals surface area contributed by atoms with Crippen LogP contribution in [0.2, 0.25) is 4.34 Å². The molecule has 1 unspecified atom stereocenters. The van der Waals surface area contributed by atoms with Crippen molar-refractivity contribution in [1.82, 2.24) is 4.31 Å². The van der Waals surface area contributed by atoms with Gasteiger partial charge >= 0.3 is 0 Å². The maximum Gasteiger partial charge on any atom is 0.253 e. The van der Waals surface area contributed by atoms with Crippen molar-refractivity contribution in [2.75, 3.05) is 13.2 Å². The number of hydrogen-bond acceptors (Lipinski definition) is 5. The number of ether oxygens (including phenoxy) is 1. The predicted molar refractivity (Wildman–Crippen MR) is 90.2 cm³/mol. The van der Waals surface area contributed by atoms with Gasteiger partial charge in [0.2, 0.25) is 0 Å². The van der Waals surface area contributed by atoms with Gasteiger partial charge in [-0.1, -0.05) is 17.7 Å². The lowest BCUT2D eigenvalue weighted by molar-refractivity contribution is 0.0928. The molecular formula is C14H16ClNO3S3. The molecule has 0 aliphatic carbocycles. The van der Waals surface area contributed by atoms with Gasteiger partial charge in [0, 0.05) is 24.6 Å². The van der Waals surface area contributed by atoms with Crippen LogP contribution in [0, 0.1) is 0 Å². The van der Waals surface area contributed by atoms with Crippen LogP contribution in [0.3, 0.4) is 0 Å². The lowest BCUT2D eigenvalue weighted by atomic mass is 10.2. The summed E-state index contributed by atoms with van der Waals surface area (Å²) in [6.45, 7) is 1.47. The second-order valence-corrected chi connectivity index (χ2v) is 9.98. The fraction of sp³-hybridized carbons (Fsp3) is 0.429. The highest BCUT2D eigenvalue weighted by Crippen LogP contribution is 2.30. The first-order chi connectivity index (χ1) is 10.6. The molecule has 8 heteroatoms. The molecule has 1 aliphatic rings. The van der Waals surface area contributed by atoms with Gasteiger partial charge in [0.25, 0.3) is 10.0 Å². The molecule has 0 spiro atoms. The largest absolute Gasteiger partial charge is 0.377 e. The molecule has 120 valence electrons. The Kier molecular flexibility index (Phi) is 5.21. The van der Waals surface area contributed by atoms with E-state index in [1.165, 1.54) is 4.31 Å². The highest BCUT2D eigenvalue weighted by Gasteiger charge is 2.30. The number of thiophene rings is 2. The molecule has 3 heterocycles. The molecule has 0 bridgehead atoms. The highest BCUT2D eigenvalue weighted by molar-refractivity contribution is 7.91. The molecule has 3 rings (SSSR count). The van der Waals surface area contributed by atoms with E-state index in [0.29, 0.717) is 24.0 Å². The summed E-state index contributed by atoms with van der Waals surface area (Å²) in [4.78, 5) is 1.02. The zero-order valence-electron chi connectivity index (χ0n) is 11.8. The topological polar surface area (TPSA) is 46.6 Å². The van der Waals surface area contributed by atoms with Gasteiger partial charge < -0.3 is 4.74 Å². The Labute approximate surface area is 143 Å². The van der Waals surface area contributed by atoms with Crippen LogP contribution in [0.5, 0.6) is 0 Å². The molecule has 0 aromatic carbocycles. The minimum Gasteiger partial charge on any atom is -0.377 e. The van der Waals surface area contributed by atoms with Crippen molar-refractivity contribution >= 4 is 44.3 Å². The Hall–Kier alpha value is -0.440. The van der Waals surface area contributed by atoms with E-state index in [2.05, 4.69) is 0 Å². The second kappa shape index (κ2) is 6.98. The molecule has 0 radical (unpaired) electrons. The summed E-state index contributed by atoms with van der Waals surface area (Å²) < 4.78 is 33.7. The first kappa shape index (κ1) is 16.4. The van der Waals surface area contributed by atoms with Crippen LogP contribution >= 0.6 is 34.3 Å². The van der Waals surface area contributed by atoms with Crippen LogP contribution in [-0.2, 0) is 21.3 Å². The maximum absolute atomic E-state index is 12.9. The summed E-state index contributed by atoms with van der Waals surface area (Å²) in [6, 6.07) is 7.07. The number of sulfonamides is 1. The van der Waals surface area contributed by atoms with Gasteiger partial charge in [-0.25, -0.2) is 8.42 Å². The lowest BCUT2D eigenvalue weighted by Crippen LogP contribution is -2.36. The monoisotopic (exact) mass is 377 g/mol. The Balaban J connectivity index is 1.85. The first-order valence-corrected chi connectivity index (χ1v) is 10.5. The molecule has 2 aromatic rings. The molecule has 4 nitrogen and oxygen atoms in total. The van der Waals surface area contributed by atoms with Gasteiger partial charge in [-0.15, -0.1) is 22.7 Å². The van der Waals surface area contributed by atoms with E-state index in [1.807, 2.05) is 17.5 Å². The summed E-state index contributed by atoms with van der Waals surface area (Å²) >= 11 is 8.55. The van der Waals surface area contributed by atoms with Crippen molar-refractivity contribution in [3.8, 4) is 0 Å². The smallest absolute Gasteiger partial charge is 0.253 e. The number of nitrogens with zero attached hydrogens (tertiary/aromatic N) is 1. The van der Waals surface area contributed by atoms with E-state index in [-0.39, 0.29) is 10.3 Å². The molecular weight excluding hydrogens is 362 g/mol. The van der Waals surface area contributed by atoms with Crippen molar-refractivity contribution < 1.29 is 13.2 Å². The van der Waals surface area contributed by atoms with Crippen LogP contribution in [-0.4, -0.2) is 32.0 Å². The molecule has 2 aromatic heterocycles.